The lowest BCUT2D eigenvalue weighted by Crippen LogP contribution is -2.47. The summed E-state index contributed by atoms with van der Waals surface area (Å²) in [5.41, 5.74) is 4.58. The second-order valence-electron chi connectivity index (χ2n) is 8.42. The molecule has 1 atom stereocenters. The standard InChI is InChI=1S/C26H32N2O5/c1-3-10-23(25(31)28(2)16-9-8-15-24(29)30)27-26(32)33-17-22-20-13-6-4-11-18(20)19-12-5-7-14-21(19)22/h4-7,11-14,22-23H,3,8-10,15-17H2,1-2H3,(H,27,32)(H,29,30)/t23-/m0/s1. The number of ether oxygens (including phenoxy) is 1. The lowest BCUT2D eigenvalue weighted by molar-refractivity contribution is -0.137. The van der Waals surface area contributed by atoms with Crippen LogP contribution in [0.1, 0.15) is 56.1 Å². The molecule has 1 aliphatic carbocycles. The molecule has 33 heavy (non-hydrogen) atoms. The minimum Gasteiger partial charge on any atom is -0.481 e. The normalized spacial score (nSPS) is 13.0. The molecule has 2 aromatic rings. The Balaban J connectivity index is 1.57. The summed E-state index contributed by atoms with van der Waals surface area (Å²) >= 11 is 0. The molecule has 3 rings (SSSR count). The third-order valence-corrected chi connectivity index (χ3v) is 6.02. The highest BCUT2D eigenvalue weighted by Crippen LogP contribution is 2.44. The molecule has 0 heterocycles. The molecular formula is C26H32N2O5. The number of hydrogen-bond acceptors (Lipinski definition) is 4. The molecule has 0 fully saturated rings. The third-order valence-electron chi connectivity index (χ3n) is 6.02. The van der Waals surface area contributed by atoms with Gasteiger partial charge in [0.05, 0.1) is 0 Å². The summed E-state index contributed by atoms with van der Waals surface area (Å²) in [6, 6.07) is 15.6. The van der Waals surface area contributed by atoms with Crippen molar-refractivity contribution in [3.05, 3.63) is 59.7 Å². The molecule has 7 nitrogen and oxygen atoms in total. The van der Waals surface area contributed by atoms with Crippen LogP contribution in [0.15, 0.2) is 48.5 Å². The Kier molecular flexibility index (Phi) is 8.46. The minimum atomic E-state index is -0.843. The van der Waals surface area contributed by atoms with Crippen molar-refractivity contribution in [1.29, 1.82) is 0 Å². The second-order valence-corrected chi connectivity index (χ2v) is 8.42. The van der Waals surface area contributed by atoms with E-state index >= 15 is 0 Å². The summed E-state index contributed by atoms with van der Waals surface area (Å²) in [5, 5.41) is 11.5. The number of carbonyl (C=O) groups is 3. The van der Waals surface area contributed by atoms with Crippen LogP contribution < -0.4 is 5.32 Å². The number of nitrogens with one attached hydrogen (secondary N) is 1. The smallest absolute Gasteiger partial charge is 0.407 e. The fourth-order valence-corrected chi connectivity index (χ4v) is 4.33. The number of rotatable bonds is 11. The SMILES string of the molecule is CCC[C@H](NC(=O)OCC1c2ccccc2-c2ccccc21)C(=O)N(C)CCCCC(=O)O. The minimum absolute atomic E-state index is 0.0413. The Morgan fingerprint density at radius 1 is 1.03 bits per heavy atom. The van der Waals surface area contributed by atoms with Crippen LogP contribution in [0.2, 0.25) is 0 Å². The zero-order chi connectivity index (χ0) is 23.8. The fourth-order valence-electron chi connectivity index (χ4n) is 4.33. The first-order chi connectivity index (χ1) is 15.9. The van der Waals surface area contributed by atoms with E-state index in [0.29, 0.717) is 25.8 Å². The van der Waals surface area contributed by atoms with Crippen LogP contribution in [-0.4, -0.2) is 54.2 Å². The molecule has 0 bridgehead atoms. The average Bonchev–Trinajstić information content (AvgIpc) is 3.13. The molecule has 176 valence electrons. The number of benzene rings is 2. The van der Waals surface area contributed by atoms with Crippen LogP contribution in [0, 0.1) is 0 Å². The first-order valence-corrected chi connectivity index (χ1v) is 11.5. The number of likely N-dealkylation sites (N-methyl/N-ethyl adjacent to an activating group) is 1. The summed E-state index contributed by atoms with van der Waals surface area (Å²) < 4.78 is 5.59. The van der Waals surface area contributed by atoms with Crippen LogP contribution in [0.3, 0.4) is 0 Å². The molecular weight excluding hydrogens is 420 g/mol. The van der Waals surface area contributed by atoms with Gasteiger partial charge in [0.15, 0.2) is 0 Å². The van der Waals surface area contributed by atoms with Gasteiger partial charge in [-0.3, -0.25) is 9.59 Å². The number of hydrogen-bond donors (Lipinski definition) is 2. The molecule has 0 unspecified atom stereocenters. The Morgan fingerprint density at radius 2 is 1.64 bits per heavy atom. The van der Waals surface area contributed by atoms with Gasteiger partial charge in [-0.1, -0.05) is 61.9 Å². The summed E-state index contributed by atoms with van der Waals surface area (Å²) in [5.74, 6) is -1.08. The summed E-state index contributed by atoms with van der Waals surface area (Å²) in [7, 11) is 1.67. The van der Waals surface area contributed by atoms with Gasteiger partial charge in [0.25, 0.3) is 0 Å². The van der Waals surface area contributed by atoms with E-state index in [9.17, 15) is 14.4 Å². The van der Waals surface area contributed by atoms with Crippen molar-refractivity contribution in [2.24, 2.45) is 0 Å². The first kappa shape index (κ1) is 24.3. The molecule has 0 aromatic heterocycles. The Hall–Kier alpha value is -3.35. The Bertz CT molecular complexity index is 945. The van der Waals surface area contributed by atoms with Gasteiger partial charge in [0.2, 0.25) is 5.91 Å². The molecule has 2 amide bonds. The van der Waals surface area contributed by atoms with Crippen molar-refractivity contribution < 1.29 is 24.2 Å². The van der Waals surface area contributed by atoms with Crippen molar-refractivity contribution in [3.8, 4) is 11.1 Å². The van der Waals surface area contributed by atoms with E-state index in [1.54, 1.807) is 11.9 Å². The number of carboxylic acid groups (broad SMARTS) is 1. The molecule has 0 spiro atoms. The van der Waals surface area contributed by atoms with Gasteiger partial charge in [0, 0.05) is 25.9 Å². The molecule has 2 N–H and O–H groups in total. The predicted octanol–water partition coefficient (Wildman–Crippen LogP) is 4.41. The lowest BCUT2D eigenvalue weighted by atomic mass is 9.98. The zero-order valence-electron chi connectivity index (χ0n) is 19.3. The van der Waals surface area contributed by atoms with Crippen molar-refractivity contribution >= 4 is 18.0 Å². The number of carboxylic acids is 1. The van der Waals surface area contributed by atoms with Crippen LogP contribution >= 0.6 is 0 Å². The number of alkyl carbamates (subject to hydrolysis) is 1. The van der Waals surface area contributed by atoms with Gasteiger partial charge >= 0.3 is 12.1 Å². The number of unbranched alkanes of at least 4 members (excludes halogenated alkanes) is 1. The second kappa shape index (κ2) is 11.5. The van der Waals surface area contributed by atoms with E-state index in [2.05, 4.69) is 29.6 Å². The Morgan fingerprint density at radius 3 is 2.21 bits per heavy atom. The van der Waals surface area contributed by atoms with Crippen molar-refractivity contribution in [2.75, 3.05) is 20.2 Å². The predicted molar refractivity (Wildman–Crippen MR) is 126 cm³/mol. The van der Waals surface area contributed by atoms with Gasteiger partial charge in [-0.25, -0.2) is 4.79 Å². The maximum atomic E-state index is 12.8. The van der Waals surface area contributed by atoms with E-state index in [1.807, 2.05) is 31.2 Å². The monoisotopic (exact) mass is 452 g/mol. The van der Waals surface area contributed by atoms with Crippen LogP contribution in [0.5, 0.6) is 0 Å². The van der Waals surface area contributed by atoms with Gasteiger partial charge in [0.1, 0.15) is 12.6 Å². The van der Waals surface area contributed by atoms with Crippen LogP contribution in [-0.2, 0) is 14.3 Å². The highest BCUT2D eigenvalue weighted by Gasteiger charge is 2.30. The highest BCUT2D eigenvalue weighted by atomic mass is 16.5. The number of fused-ring (bicyclic) bond motifs is 3. The zero-order valence-corrected chi connectivity index (χ0v) is 19.3. The highest BCUT2D eigenvalue weighted by molar-refractivity contribution is 5.85. The molecule has 0 radical (unpaired) electrons. The van der Waals surface area contributed by atoms with Gasteiger partial charge in [-0.15, -0.1) is 0 Å². The summed E-state index contributed by atoms with van der Waals surface area (Å²) in [6.07, 6.45) is 1.81. The molecule has 1 aliphatic rings. The van der Waals surface area contributed by atoms with Gasteiger partial charge in [-0.05, 0) is 41.5 Å². The summed E-state index contributed by atoms with van der Waals surface area (Å²) in [6.45, 7) is 2.59. The molecule has 0 saturated carbocycles. The lowest BCUT2D eigenvalue weighted by Gasteiger charge is -2.24. The third kappa shape index (κ3) is 6.12. The van der Waals surface area contributed by atoms with Gasteiger partial charge < -0.3 is 20.1 Å². The molecule has 2 aromatic carbocycles. The van der Waals surface area contributed by atoms with Crippen molar-refractivity contribution in [1.82, 2.24) is 10.2 Å². The van der Waals surface area contributed by atoms with E-state index < -0.39 is 18.1 Å². The average molecular weight is 453 g/mol. The maximum absolute atomic E-state index is 12.8. The molecule has 0 saturated heterocycles. The molecule has 0 aliphatic heterocycles. The van der Waals surface area contributed by atoms with Crippen molar-refractivity contribution in [3.63, 3.8) is 0 Å². The van der Waals surface area contributed by atoms with Crippen molar-refractivity contribution in [2.45, 2.75) is 51.0 Å². The van der Waals surface area contributed by atoms with E-state index in [-0.39, 0.29) is 24.9 Å². The summed E-state index contributed by atoms with van der Waals surface area (Å²) in [4.78, 5) is 37.6. The van der Waals surface area contributed by atoms with Crippen LogP contribution in [0.25, 0.3) is 11.1 Å². The largest absolute Gasteiger partial charge is 0.481 e. The number of amides is 2. The quantitative estimate of drug-likeness (QED) is 0.493. The van der Waals surface area contributed by atoms with Crippen LogP contribution in [0.4, 0.5) is 4.79 Å². The topological polar surface area (TPSA) is 95.9 Å². The number of nitrogens with zero attached hydrogens (tertiary/aromatic N) is 1. The fraction of sp³-hybridized carbons (Fsp3) is 0.423. The first-order valence-electron chi connectivity index (χ1n) is 11.5. The van der Waals surface area contributed by atoms with E-state index in [0.717, 1.165) is 28.7 Å². The number of aliphatic carboxylic acids is 1. The van der Waals surface area contributed by atoms with E-state index in [4.69, 9.17) is 9.84 Å². The number of carbonyl (C=O) groups excluding carboxylic acids is 2. The maximum Gasteiger partial charge on any atom is 0.407 e. The Labute approximate surface area is 194 Å². The molecule has 7 heteroatoms. The van der Waals surface area contributed by atoms with Gasteiger partial charge in [-0.2, -0.15) is 0 Å². The van der Waals surface area contributed by atoms with E-state index in [1.165, 1.54) is 0 Å².